The Hall–Kier alpha value is -2.15. The van der Waals surface area contributed by atoms with Crippen LogP contribution in [0, 0.1) is 4.77 Å². The predicted octanol–water partition coefficient (Wildman–Crippen LogP) is 1.80. The fraction of sp³-hybridized carbons (Fsp3) is 0.182. The van der Waals surface area contributed by atoms with Crippen molar-refractivity contribution in [2.75, 3.05) is 20.0 Å². The number of aromatic nitrogens is 3. The van der Waals surface area contributed by atoms with Crippen LogP contribution in [0.15, 0.2) is 18.2 Å². The Morgan fingerprint density at radius 3 is 2.22 bits per heavy atom. The lowest BCUT2D eigenvalue weighted by Gasteiger charge is -2.08. The second-order valence-electron chi connectivity index (χ2n) is 3.47. The molecule has 0 amide bonds. The molecule has 0 aliphatic carbocycles. The standard InChI is InChI=1S/C11H12N4O2S/c1-16-7-3-6(4-8(5-7)17-2)9-13-10(12)15-11(18)14-9/h3-5H,1-2H3,(H3,12,13,14,15,18). The van der Waals surface area contributed by atoms with Crippen LogP contribution in [0.5, 0.6) is 11.5 Å². The summed E-state index contributed by atoms with van der Waals surface area (Å²) in [6.45, 7) is 0. The van der Waals surface area contributed by atoms with Gasteiger partial charge in [0.15, 0.2) is 0 Å². The molecule has 6 nitrogen and oxygen atoms in total. The molecule has 2 aromatic rings. The van der Waals surface area contributed by atoms with E-state index in [4.69, 9.17) is 27.4 Å². The fourth-order valence-corrected chi connectivity index (χ4v) is 1.67. The molecule has 7 heteroatoms. The van der Waals surface area contributed by atoms with Crippen molar-refractivity contribution in [1.29, 1.82) is 0 Å². The lowest BCUT2D eigenvalue weighted by atomic mass is 10.2. The molecule has 0 unspecified atom stereocenters. The number of nitrogen functional groups attached to an aromatic ring is 1. The highest BCUT2D eigenvalue weighted by molar-refractivity contribution is 7.71. The van der Waals surface area contributed by atoms with Gasteiger partial charge in [0.25, 0.3) is 0 Å². The SMILES string of the molecule is COc1cc(OC)cc(-c2nc(=S)nc(N)[nH]2)c1. The molecule has 0 atom stereocenters. The first-order chi connectivity index (χ1) is 8.62. The third-order valence-corrected chi connectivity index (χ3v) is 2.48. The molecule has 0 radical (unpaired) electrons. The fourth-order valence-electron chi connectivity index (χ4n) is 1.48. The van der Waals surface area contributed by atoms with Crippen molar-refractivity contribution in [2.45, 2.75) is 0 Å². The maximum Gasteiger partial charge on any atom is 0.224 e. The van der Waals surface area contributed by atoms with E-state index in [-0.39, 0.29) is 10.7 Å². The summed E-state index contributed by atoms with van der Waals surface area (Å²) in [5, 5.41) is 0. The summed E-state index contributed by atoms with van der Waals surface area (Å²) in [5.41, 5.74) is 6.36. The molecule has 0 aliphatic heterocycles. The third-order valence-electron chi connectivity index (χ3n) is 2.29. The number of methoxy groups -OCH3 is 2. The number of benzene rings is 1. The van der Waals surface area contributed by atoms with Crippen molar-refractivity contribution >= 4 is 18.2 Å². The number of hydrogen-bond donors (Lipinski definition) is 2. The number of H-pyrrole nitrogens is 1. The molecule has 94 valence electrons. The van der Waals surface area contributed by atoms with Crippen LogP contribution in [0.4, 0.5) is 5.95 Å². The van der Waals surface area contributed by atoms with E-state index in [2.05, 4.69) is 15.0 Å². The van der Waals surface area contributed by atoms with Gasteiger partial charge in [0, 0.05) is 11.6 Å². The second kappa shape index (κ2) is 5.01. The van der Waals surface area contributed by atoms with E-state index < -0.39 is 0 Å². The minimum absolute atomic E-state index is 0.183. The first-order valence-electron chi connectivity index (χ1n) is 5.09. The summed E-state index contributed by atoms with van der Waals surface area (Å²) in [6.07, 6.45) is 0. The van der Waals surface area contributed by atoms with Gasteiger partial charge < -0.3 is 20.2 Å². The number of nitrogens with zero attached hydrogens (tertiary/aromatic N) is 2. The minimum Gasteiger partial charge on any atom is -0.497 e. The summed E-state index contributed by atoms with van der Waals surface area (Å²) >= 11 is 4.92. The van der Waals surface area contributed by atoms with E-state index in [9.17, 15) is 0 Å². The van der Waals surface area contributed by atoms with Gasteiger partial charge in [-0.15, -0.1) is 0 Å². The quantitative estimate of drug-likeness (QED) is 0.822. The van der Waals surface area contributed by atoms with Crippen molar-refractivity contribution in [1.82, 2.24) is 15.0 Å². The van der Waals surface area contributed by atoms with Crippen molar-refractivity contribution in [3.8, 4) is 22.9 Å². The zero-order valence-electron chi connectivity index (χ0n) is 9.93. The van der Waals surface area contributed by atoms with Crippen LogP contribution in [0.25, 0.3) is 11.4 Å². The summed E-state index contributed by atoms with van der Waals surface area (Å²) in [5.74, 6) is 2.04. The number of hydrogen-bond acceptors (Lipinski definition) is 6. The molecular formula is C11H12N4O2S. The zero-order valence-corrected chi connectivity index (χ0v) is 10.7. The molecule has 0 fully saturated rings. The van der Waals surface area contributed by atoms with Crippen molar-refractivity contribution in [2.24, 2.45) is 0 Å². The smallest absolute Gasteiger partial charge is 0.224 e. The summed E-state index contributed by atoms with van der Waals surface area (Å²) in [7, 11) is 3.16. The van der Waals surface area contributed by atoms with Crippen LogP contribution in [-0.2, 0) is 0 Å². The van der Waals surface area contributed by atoms with Crippen LogP contribution in [0.1, 0.15) is 0 Å². The van der Waals surface area contributed by atoms with Crippen molar-refractivity contribution in [3.05, 3.63) is 23.0 Å². The van der Waals surface area contributed by atoms with E-state index in [1.165, 1.54) is 0 Å². The zero-order chi connectivity index (χ0) is 13.1. The van der Waals surface area contributed by atoms with Gasteiger partial charge >= 0.3 is 0 Å². The van der Waals surface area contributed by atoms with Crippen molar-refractivity contribution in [3.63, 3.8) is 0 Å². The highest BCUT2D eigenvalue weighted by atomic mass is 32.1. The van der Waals surface area contributed by atoms with Gasteiger partial charge in [-0.1, -0.05) is 0 Å². The molecule has 0 bridgehead atoms. The monoisotopic (exact) mass is 264 g/mol. The number of nitrogens with two attached hydrogens (primary N) is 1. The highest BCUT2D eigenvalue weighted by Crippen LogP contribution is 2.27. The van der Waals surface area contributed by atoms with Gasteiger partial charge in [0.2, 0.25) is 10.7 Å². The number of anilines is 1. The molecule has 1 heterocycles. The number of rotatable bonds is 3. The Morgan fingerprint density at radius 1 is 1.11 bits per heavy atom. The molecule has 2 rings (SSSR count). The van der Waals surface area contributed by atoms with E-state index in [0.29, 0.717) is 17.3 Å². The normalized spacial score (nSPS) is 10.1. The van der Waals surface area contributed by atoms with Crippen LogP contribution in [0.3, 0.4) is 0 Å². The molecule has 0 spiro atoms. The van der Waals surface area contributed by atoms with Gasteiger partial charge in [-0.05, 0) is 24.4 Å². The second-order valence-corrected chi connectivity index (χ2v) is 3.83. The van der Waals surface area contributed by atoms with Gasteiger partial charge in [0.1, 0.15) is 17.3 Å². The highest BCUT2D eigenvalue weighted by Gasteiger charge is 2.07. The van der Waals surface area contributed by atoms with Crippen LogP contribution < -0.4 is 15.2 Å². The van der Waals surface area contributed by atoms with Gasteiger partial charge in [0.05, 0.1) is 14.2 Å². The Balaban J connectivity index is 2.58. The van der Waals surface area contributed by atoms with Gasteiger partial charge in [-0.2, -0.15) is 4.98 Å². The Labute approximate surface area is 109 Å². The van der Waals surface area contributed by atoms with E-state index in [1.54, 1.807) is 32.4 Å². The lowest BCUT2D eigenvalue weighted by molar-refractivity contribution is 0.394. The Morgan fingerprint density at radius 2 is 1.72 bits per heavy atom. The molecular weight excluding hydrogens is 252 g/mol. The molecule has 0 saturated carbocycles. The van der Waals surface area contributed by atoms with Crippen LogP contribution in [0.2, 0.25) is 0 Å². The molecule has 0 saturated heterocycles. The largest absolute Gasteiger partial charge is 0.497 e. The summed E-state index contributed by atoms with van der Waals surface area (Å²) in [4.78, 5) is 10.8. The number of nitrogens with one attached hydrogen (secondary N) is 1. The first kappa shape index (κ1) is 12.3. The average molecular weight is 264 g/mol. The van der Waals surface area contributed by atoms with E-state index in [1.807, 2.05) is 0 Å². The van der Waals surface area contributed by atoms with Crippen LogP contribution in [-0.4, -0.2) is 29.2 Å². The summed E-state index contributed by atoms with van der Waals surface area (Å²) in [6, 6.07) is 5.37. The minimum atomic E-state index is 0.183. The first-order valence-corrected chi connectivity index (χ1v) is 5.50. The third kappa shape index (κ3) is 2.57. The maximum atomic E-state index is 5.60. The number of aromatic amines is 1. The average Bonchev–Trinajstić information content (AvgIpc) is 2.37. The van der Waals surface area contributed by atoms with Crippen molar-refractivity contribution < 1.29 is 9.47 Å². The Bertz CT molecular complexity index is 604. The van der Waals surface area contributed by atoms with E-state index >= 15 is 0 Å². The molecule has 18 heavy (non-hydrogen) atoms. The van der Waals surface area contributed by atoms with Crippen LogP contribution >= 0.6 is 12.2 Å². The predicted molar refractivity (Wildman–Crippen MR) is 70.2 cm³/mol. The molecule has 1 aromatic heterocycles. The topological polar surface area (TPSA) is 86.1 Å². The lowest BCUT2D eigenvalue weighted by Crippen LogP contribution is -2.00. The maximum absolute atomic E-state index is 5.60. The number of ether oxygens (including phenoxy) is 2. The van der Waals surface area contributed by atoms with Gasteiger partial charge in [-0.25, -0.2) is 4.98 Å². The molecule has 1 aromatic carbocycles. The summed E-state index contributed by atoms with van der Waals surface area (Å²) < 4.78 is 10.6. The molecule has 0 aliphatic rings. The van der Waals surface area contributed by atoms with E-state index in [0.717, 1.165) is 5.56 Å². The molecule has 3 N–H and O–H groups in total. The van der Waals surface area contributed by atoms with Gasteiger partial charge in [-0.3, -0.25) is 0 Å². The Kier molecular flexibility index (Phi) is 3.42.